The third-order valence-electron chi connectivity index (χ3n) is 5.32. The maximum absolute atomic E-state index is 12.6. The Hall–Kier alpha value is -1.67. The number of piperidine rings is 1. The monoisotopic (exact) mass is 350 g/mol. The molecule has 3 rings (SSSR count). The second-order valence-electron chi connectivity index (χ2n) is 7.66. The van der Waals surface area contributed by atoms with Crippen LogP contribution in [-0.4, -0.2) is 69.3 Å². The molecule has 8 nitrogen and oxygen atoms in total. The zero-order valence-corrected chi connectivity index (χ0v) is 15.6. The Balaban J connectivity index is 1.79. The van der Waals surface area contributed by atoms with Gasteiger partial charge in [-0.05, 0) is 46.7 Å². The summed E-state index contributed by atoms with van der Waals surface area (Å²) in [6.07, 6.45) is 3.44. The number of carbonyl (C=O) groups is 1. The molecule has 1 amide bonds. The molecule has 2 aliphatic rings. The van der Waals surface area contributed by atoms with E-state index < -0.39 is 5.54 Å². The number of likely N-dealkylation sites (N-methyl/N-ethyl adjacent to an activating group) is 1. The fourth-order valence-corrected chi connectivity index (χ4v) is 3.53. The maximum atomic E-state index is 12.6. The molecule has 0 aromatic carbocycles. The molecule has 2 heterocycles. The number of aromatic nitrogens is 3. The minimum absolute atomic E-state index is 0.0553. The average molecular weight is 350 g/mol. The van der Waals surface area contributed by atoms with E-state index in [1.165, 1.54) is 0 Å². The molecular formula is C17H30N6O2. The number of nitrogens with two attached hydrogens (primary N) is 1. The smallest absolute Gasteiger partial charge is 0.340 e. The maximum Gasteiger partial charge on any atom is 0.345 e. The SMILES string of the molecule is CCn1c([C@H]2CCCN(C(=O)C3(N)CC3)C2)nn(CCN(C)C)c1=O. The summed E-state index contributed by atoms with van der Waals surface area (Å²) in [5.74, 6) is 0.980. The Bertz CT molecular complexity index is 688. The Labute approximate surface area is 148 Å². The molecule has 1 aliphatic carbocycles. The van der Waals surface area contributed by atoms with Gasteiger partial charge in [0.15, 0.2) is 0 Å². The molecule has 8 heteroatoms. The summed E-state index contributed by atoms with van der Waals surface area (Å²) in [4.78, 5) is 29.1. The molecule has 2 fully saturated rings. The van der Waals surface area contributed by atoms with Gasteiger partial charge in [-0.15, -0.1) is 0 Å². The van der Waals surface area contributed by atoms with E-state index in [1.54, 1.807) is 9.25 Å². The molecular weight excluding hydrogens is 320 g/mol. The molecule has 140 valence electrons. The highest BCUT2D eigenvalue weighted by Gasteiger charge is 2.49. The lowest BCUT2D eigenvalue weighted by molar-refractivity contribution is -0.134. The standard InChI is InChI=1S/C17H30N6O2/c1-4-22-14(19-23(16(22)25)11-10-20(2)3)13-6-5-9-21(12-13)15(24)17(18)7-8-17/h13H,4-12,18H2,1-3H3/t13-/m0/s1. The molecule has 1 saturated carbocycles. The van der Waals surface area contributed by atoms with Crippen LogP contribution in [0.5, 0.6) is 0 Å². The molecule has 1 atom stereocenters. The molecule has 0 unspecified atom stereocenters. The summed E-state index contributed by atoms with van der Waals surface area (Å²) in [5.41, 5.74) is 5.40. The van der Waals surface area contributed by atoms with Gasteiger partial charge in [0.2, 0.25) is 5.91 Å². The van der Waals surface area contributed by atoms with Gasteiger partial charge in [0, 0.05) is 32.1 Å². The van der Waals surface area contributed by atoms with Gasteiger partial charge in [-0.3, -0.25) is 9.36 Å². The van der Waals surface area contributed by atoms with Crippen molar-refractivity contribution < 1.29 is 4.79 Å². The van der Waals surface area contributed by atoms with E-state index in [-0.39, 0.29) is 17.5 Å². The van der Waals surface area contributed by atoms with E-state index in [1.807, 2.05) is 30.8 Å². The lowest BCUT2D eigenvalue weighted by atomic mass is 9.96. The number of rotatable bonds is 6. The lowest BCUT2D eigenvalue weighted by Crippen LogP contribution is -2.49. The topological polar surface area (TPSA) is 89.4 Å². The largest absolute Gasteiger partial charge is 0.345 e. The predicted molar refractivity (Wildman–Crippen MR) is 95.4 cm³/mol. The summed E-state index contributed by atoms with van der Waals surface area (Å²) in [6, 6.07) is 0. The van der Waals surface area contributed by atoms with Crippen LogP contribution >= 0.6 is 0 Å². The molecule has 0 radical (unpaired) electrons. The average Bonchev–Trinajstić information content (AvgIpc) is 3.26. The number of nitrogens with zero attached hydrogens (tertiary/aromatic N) is 5. The third-order valence-corrected chi connectivity index (χ3v) is 5.32. The van der Waals surface area contributed by atoms with Crippen LogP contribution in [0.15, 0.2) is 4.79 Å². The van der Waals surface area contributed by atoms with Crippen LogP contribution in [0.25, 0.3) is 0 Å². The first-order chi connectivity index (χ1) is 11.9. The van der Waals surface area contributed by atoms with Gasteiger partial charge in [0.05, 0.1) is 12.1 Å². The summed E-state index contributed by atoms with van der Waals surface area (Å²) >= 11 is 0. The van der Waals surface area contributed by atoms with Gasteiger partial charge in [-0.2, -0.15) is 5.10 Å². The summed E-state index contributed by atoms with van der Waals surface area (Å²) in [7, 11) is 3.96. The first-order valence-corrected chi connectivity index (χ1v) is 9.26. The van der Waals surface area contributed by atoms with Crippen molar-refractivity contribution >= 4 is 5.91 Å². The summed E-state index contributed by atoms with van der Waals surface area (Å²) < 4.78 is 3.31. The molecule has 2 N–H and O–H groups in total. The second kappa shape index (κ2) is 6.92. The minimum Gasteiger partial charge on any atom is -0.340 e. The number of amides is 1. The highest BCUT2D eigenvalue weighted by atomic mass is 16.2. The molecule has 1 aliphatic heterocycles. The van der Waals surface area contributed by atoms with Crippen molar-refractivity contribution in [1.29, 1.82) is 0 Å². The highest BCUT2D eigenvalue weighted by molar-refractivity contribution is 5.89. The van der Waals surface area contributed by atoms with Crippen LogP contribution in [0.1, 0.15) is 44.3 Å². The Morgan fingerprint density at radius 1 is 1.40 bits per heavy atom. The van der Waals surface area contributed by atoms with Crippen molar-refractivity contribution in [1.82, 2.24) is 24.1 Å². The fourth-order valence-electron chi connectivity index (χ4n) is 3.53. The van der Waals surface area contributed by atoms with Gasteiger partial charge in [0.1, 0.15) is 5.82 Å². The van der Waals surface area contributed by atoms with Crippen LogP contribution in [0, 0.1) is 0 Å². The van der Waals surface area contributed by atoms with Crippen LogP contribution < -0.4 is 11.4 Å². The van der Waals surface area contributed by atoms with Crippen molar-refractivity contribution in [2.45, 2.75) is 57.2 Å². The molecule has 0 spiro atoms. The van der Waals surface area contributed by atoms with Crippen LogP contribution in [0.4, 0.5) is 0 Å². The number of hydrogen-bond acceptors (Lipinski definition) is 5. The second-order valence-corrected chi connectivity index (χ2v) is 7.66. The van der Waals surface area contributed by atoms with Crippen molar-refractivity contribution in [2.24, 2.45) is 5.73 Å². The number of carbonyl (C=O) groups excluding carboxylic acids is 1. The van der Waals surface area contributed by atoms with E-state index in [0.717, 1.165) is 44.6 Å². The van der Waals surface area contributed by atoms with E-state index >= 15 is 0 Å². The van der Waals surface area contributed by atoms with Gasteiger partial charge < -0.3 is 15.5 Å². The molecule has 0 bridgehead atoms. The van der Waals surface area contributed by atoms with Gasteiger partial charge in [-0.1, -0.05) is 0 Å². The van der Waals surface area contributed by atoms with Gasteiger partial charge in [0.25, 0.3) is 0 Å². The first-order valence-electron chi connectivity index (χ1n) is 9.26. The van der Waals surface area contributed by atoms with Crippen LogP contribution in [-0.2, 0) is 17.9 Å². The zero-order chi connectivity index (χ0) is 18.2. The Morgan fingerprint density at radius 3 is 2.72 bits per heavy atom. The van der Waals surface area contributed by atoms with E-state index in [9.17, 15) is 9.59 Å². The van der Waals surface area contributed by atoms with Crippen molar-refractivity contribution in [3.05, 3.63) is 16.3 Å². The quantitative estimate of drug-likeness (QED) is 0.769. The normalized spacial score (nSPS) is 22.4. The Morgan fingerprint density at radius 2 is 2.12 bits per heavy atom. The summed E-state index contributed by atoms with van der Waals surface area (Å²) in [6.45, 7) is 5.28. The zero-order valence-electron chi connectivity index (χ0n) is 15.6. The van der Waals surface area contributed by atoms with Crippen LogP contribution in [0.3, 0.4) is 0 Å². The van der Waals surface area contributed by atoms with E-state index in [0.29, 0.717) is 19.6 Å². The summed E-state index contributed by atoms with van der Waals surface area (Å²) in [5, 5.41) is 4.62. The Kier molecular flexibility index (Phi) is 5.02. The first kappa shape index (κ1) is 18.1. The van der Waals surface area contributed by atoms with Crippen molar-refractivity contribution in [2.75, 3.05) is 33.7 Å². The van der Waals surface area contributed by atoms with Crippen LogP contribution in [0.2, 0.25) is 0 Å². The molecule has 1 aromatic heterocycles. The van der Waals surface area contributed by atoms with Gasteiger partial charge in [-0.25, -0.2) is 9.48 Å². The number of likely N-dealkylation sites (tertiary alicyclic amines) is 1. The van der Waals surface area contributed by atoms with Crippen molar-refractivity contribution in [3.8, 4) is 0 Å². The van der Waals surface area contributed by atoms with Crippen molar-refractivity contribution in [3.63, 3.8) is 0 Å². The fraction of sp³-hybridized carbons (Fsp3) is 0.824. The predicted octanol–water partition coefficient (Wildman–Crippen LogP) is -0.176. The molecule has 1 saturated heterocycles. The lowest BCUT2D eigenvalue weighted by Gasteiger charge is -2.34. The van der Waals surface area contributed by atoms with E-state index in [2.05, 4.69) is 5.10 Å². The highest BCUT2D eigenvalue weighted by Crippen LogP contribution is 2.36. The minimum atomic E-state index is -0.628. The van der Waals surface area contributed by atoms with E-state index in [4.69, 9.17) is 5.73 Å². The third kappa shape index (κ3) is 3.64. The number of hydrogen-bond donors (Lipinski definition) is 1. The molecule has 1 aromatic rings. The van der Waals surface area contributed by atoms with Gasteiger partial charge >= 0.3 is 5.69 Å². The molecule has 25 heavy (non-hydrogen) atoms.